The molecule has 0 atom stereocenters. The highest BCUT2D eigenvalue weighted by molar-refractivity contribution is 5.94. The van der Waals surface area contributed by atoms with E-state index in [-0.39, 0.29) is 5.84 Å². The fourth-order valence-corrected chi connectivity index (χ4v) is 0.635. The van der Waals surface area contributed by atoms with E-state index in [0.717, 1.165) is 12.3 Å². The summed E-state index contributed by atoms with van der Waals surface area (Å²) in [5, 5.41) is 15.8. The summed E-state index contributed by atoms with van der Waals surface area (Å²) in [4.78, 5) is 10.6. The first-order valence-corrected chi connectivity index (χ1v) is 2.87. The molecule has 0 radical (unpaired) electrons. The first-order chi connectivity index (χ1) is 5.11. The minimum absolute atomic E-state index is 0.187. The van der Waals surface area contributed by atoms with Crippen LogP contribution in [-0.2, 0) is 0 Å². The maximum Gasteiger partial charge on any atom is 0.282 e. The highest BCUT2D eigenvalue weighted by atomic mass is 16.5. The van der Waals surface area contributed by atoms with E-state index >= 15 is 0 Å². The van der Waals surface area contributed by atoms with Gasteiger partial charge in [-0.05, 0) is 6.07 Å². The molecule has 0 aliphatic heterocycles. The van der Waals surface area contributed by atoms with Crippen LogP contribution in [0, 0.1) is 5.41 Å². The molecule has 0 aliphatic rings. The van der Waals surface area contributed by atoms with Gasteiger partial charge in [0.2, 0.25) is 0 Å². The van der Waals surface area contributed by atoms with Crippen molar-refractivity contribution < 1.29 is 5.21 Å². The lowest BCUT2D eigenvalue weighted by Crippen LogP contribution is -2.20. The Morgan fingerprint density at radius 3 is 2.73 bits per heavy atom. The number of nitrogens with one attached hydrogen (secondary N) is 1. The number of nitrogens with two attached hydrogens (primary N) is 1. The molecule has 1 rings (SSSR count). The van der Waals surface area contributed by atoms with Crippen LogP contribution in [0.25, 0.3) is 0 Å². The molecular formula is C6H7N3O2. The third-order valence-electron chi connectivity index (χ3n) is 1.20. The zero-order chi connectivity index (χ0) is 8.43. The van der Waals surface area contributed by atoms with E-state index in [9.17, 15) is 4.79 Å². The molecule has 4 N–H and O–H groups in total. The number of pyridine rings is 1. The molecule has 5 heteroatoms. The Morgan fingerprint density at radius 1 is 1.64 bits per heavy atom. The lowest BCUT2D eigenvalue weighted by atomic mass is 10.3. The van der Waals surface area contributed by atoms with Gasteiger partial charge in [-0.25, -0.2) is 0 Å². The number of hydrogen-bond donors (Lipinski definition) is 3. The molecule has 0 spiro atoms. The summed E-state index contributed by atoms with van der Waals surface area (Å²) in [7, 11) is 0. The molecule has 0 saturated carbocycles. The van der Waals surface area contributed by atoms with E-state index in [1.165, 1.54) is 6.07 Å². The zero-order valence-electron chi connectivity index (χ0n) is 5.61. The fraction of sp³-hybridized carbons (Fsp3) is 0. The molecule has 0 fully saturated rings. The number of rotatable bonds is 1. The van der Waals surface area contributed by atoms with Crippen molar-refractivity contribution in [3.63, 3.8) is 0 Å². The van der Waals surface area contributed by atoms with Crippen LogP contribution in [0.3, 0.4) is 0 Å². The Bertz CT molecular complexity index is 342. The summed E-state index contributed by atoms with van der Waals surface area (Å²) >= 11 is 0. The number of amidine groups is 1. The average Bonchev–Trinajstić information content (AvgIpc) is 1.94. The van der Waals surface area contributed by atoms with Crippen molar-refractivity contribution >= 4 is 5.84 Å². The molecule has 5 nitrogen and oxygen atoms in total. The molecule has 11 heavy (non-hydrogen) atoms. The molecule has 0 bridgehead atoms. The van der Waals surface area contributed by atoms with Crippen LogP contribution in [0.4, 0.5) is 0 Å². The van der Waals surface area contributed by atoms with E-state index < -0.39 is 5.56 Å². The van der Waals surface area contributed by atoms with Crippen LogP contribution < -0.4 is 11.3 Å². The van der Waals surface area contributed by atoms with Crippen molar-refractivity contribution in [3.05, 3.63) is 34.2 Å². The van der Waals surface area contributed by atoms with Gasteiger partial charge in [-0.1, -0.05) is 0 Å². The van der Waals surface area contributed by atoms with Gasteiger partial charge in [0.05, 0.1) is 6.20 Å². The lowest BCUT2D eigenvalue weighted by Gasteiger charge is -1.98. The molecule has 58 valence electrons. The van der Waals surface area contributed by atoms with Gasteiger partial charge in [0, 0.05) is 11.6 Å². The second kappa shape index (κ2) is 2.45. The second-order valence-corrected chi connectivity index (χ2v) is 2.01. The predicted molar refractivity (Wildman–Crippen MR) is 38.9 cm³/mol. The van der Waals surface area contributed by atoms with Crippen LogP contribution in [0.15, 0.2) is 23.1 Å². The quantitative estimate of drug-likeness (QED) is 0.285. The smallest absolute Gasteiger partial charge is 0.282 e. The van der Waals surface area contributed by atoms with Gasteiger partial charge in [-0.2, -0.15) is 4.73 Å². The van der Waals surface area contributed by atoms with E-state index in [2.05, 4.69) is 0 Å². The normalized spacial score (nSPS) is 9.45. The molecule has 1 aromatic heterocycles. The van der Waals surface area contributed by atoms with Crippen LogP contribution in [0.5, 0.6) is 0 Å². The van der Waals surface area contributed by atoms with Crippen LogP contribution in [0.1, 0.15) is 5.56 Å². The van der Waals surface area contributed by atoms with Gasteiger partial charge in [-0.3, -0.25) is 10.2 Å². The van der Waals surface area contributed by atoms with Crippen molar-refractivity contribution in [1.82, 2.24) is 4.73 Å². The Labute approximate surface area is 62.2 Å². The standard InChI is InChI=1S/C6H7N3O2/c7-6(8)4-1-2-5(10)9(11)3-4/h1-3,11H,(H3,7,8). The molecular weight excluding hydrogens is 146 g/mol. The zero-order valence-corrected chi connectivity index (χ0v) is 5.61. The lowest BCUT2D eigenvalue weighted by molar-refractivity contribution is 0.174. The van der Waals surface area contributed by atoms with Crippen LogP contribution >= 0.6 is 0 Å². The molecule has 1 heterocycles. The van der Waals surface area contributed by atoms with Crippen molar-refractivity contribution in [2.45, 2.75) is 0 Å². The Balaban J connectivity index is 3.26. The predicted octanol–water partition coefficient (Wildman–Crippen LogP) is -0.630. The Kier molecular flexibility index (Phi) is 1.63. The highest BCUT2D eigenvalue weighted by Gasteiger charge is 1.97. The summed E-state index contributed by atoms with van der Waals surface area (Å²) in [5.41, 5.74) is 4.86. The number of nitrogens with zero attached hydrogens (tertiary/aromatic N) is 1. The van der Waals surface area contributed by atoms with Gasteiger partial charge < -0.3 is 10.9 Å². The van der Waals surface area contributed by atoms with Gasteiger partial charge in [0.15, 0.2) is 0 Å². The molecule has 0 aliphatic carbocycles. The molecule has 0 amide bonds. The van der Waals surface area contributed by atoms with Gasteiger partial charge >= 0.3 is 0 Å². The number of hydrogen-bond acceptors (Lipinski definition) is 3. The van der Waals surface area contributed by atoms with E-state index in [1.807, 2.05) is 0 Å². The highest BCUT2D eigenvalue weighted by Crippen LogP contribution is 1.90. The summed E-state index contributed by atoms with van der Waals surface area (Å²) < 4.78 is 0.386. The SMILES string of the molecule is N=C(N)c1ccc(=O)n(O)c1. The third kappa shape index (κ3) is 1.37. The third-order valence-corrected chi connectivity index (χ3v) is 1.20. The topological polar surface area (TPSA) is 92.1 Å². The van der Waals surface area contributed by atoms with Crippen molar-refractivity contribution in [2.24, 2.45) is 5.73 Å². The Hall–Kier alpha value is -1.78. The van der Waals surface area contributed by atoms with E-state index in [0.29, 0.717) is 10.3 Å². The van der Waals surface area contributed by atoms with Gasteiger partial charge in [0.25, 0.3) is 5.56 Å². The van der Waals surface area contributed by atoms with E-state index in [4.69, 9.17) is 16.4 Å². The summed E-state index contributed by atoms with van der Waals surface area (Å²) in [5.74, 6) is -0.187. The molecule has 0 aromatic carbocycles. The van der Waals surface area contributed by atoms with Crippen molar-refractivity contribution in [1.29, 1.82) is 5.41 Å². The summed E-state index contributed by atoms with van der Waals surface area (Å²) in [6.07, 6.45) is 1.09. The van der Waals surface area contributed by atoms with E-state index in [1.54, 1.807) is 0 Å². The van der Waals surface area contributed by atoms with Crippen LogP contribution in [0.2, 0.25) is 0 Å². The number of aromatic nitrogens is 1. The maximum absolute atomic E-state index is 10.6. The maximum atomic E-state index is 10.6. The molecule has 0 unspecified atom stereocenters. The minimum atomic E-state index is -0.546. The molecule has 0 saturated heterocycles. The average molecular weight is 153 g/mol. The number of nitrogen functional groups attached to an aromatic ring is 1. The van der Waals surface area contributed by atoms with Crippen LogP contribution in [-0.4, -0.2) is 15.8 Å². The summed E-state index contributed by atoms with van der Waals surface area (Å²) in [6.45, 7) is 0. The van der Waals surface area contributed by atoms with Crippen molar-refractivity contribution in [2.75, 3.05) is 0 Å². The first kappa shape index (κ1) is 7.33. The fourth-order valence-electron chi connectivity index (χ4n) is 0.635. The largest absolute Gasteiger partial charge is 0.425 e. The summed E-state index contributed by atoms with van der Waals surface area (Å²) in [6, 6.07) is 2.51. The van der Waals surface area contributed by atoms with Gasteiger partial charge in [-0.15, -0.1) is 0 Å². The Morgan fingerprint density at radius 2 is 2.27 bits per heavy atom. The monoisotopic (exact) mass is 153 g/mol. The first-order valence-electron chi connectivity index (χ1n) is 2.87. The molecule has 1 aromatic rings. The minimum Gasteiger partial charge on any atom is -0.425 e. The second-order valence-electron chi connectivity index (χ2n) is 2.01. The van der Waals surface area contributed by atoms with Crippen molar-refractivity contribution in [3.8, 4) is 0 Å². The van der Waals surface area contributed by atoms with Gasteiger partial charge in [0.1, 0.15) is 5.84 Å².